The van der Waals surface area contributed by atoms with Crippen LogP contribution in [0.15, 0.2) is 29.4 Å². The molecule has 1 aliphatic heterocycles. The lowest BCUT2D eigenvalue weighted by Gasteiger charge is -2.27. The van der Waals surface area contributed by atoms with E-state index >= 15 is 0 Å². The van der Waals surface area contributed by atoms with Crippen LogP contribution in [0.3, 0.4) is 0 Å². The molecule has 0 spiro atoms. The third kappa shape index (κ3) is 6.26. The molecule has 0 bridgehead atoms. The van der Waals surface area contributed by atoms with Gasteiger partial charge in [-0.2, -0.15) is 0 Å². The van der Waals surface area contributed by atoms with Crippen molar-refractivity contribution >= 4 is 35.8 Å². The van der Waals surface area contributed by atoms with E-state index in [4.69, 9.17) is 0 Å². The number of amides is 1. The van der Waals surface area contributed by atoms with E-state index in [9.17, 15) is 4.79 Å². The number of pyridine rings is 1. The van der Waals surface area contributed by atoms with Crippen molar-refractivity contribution in [3.8, 4) is 0 Å². The van der Waals surface area contributed by atoms with Crippen LogP contribution in [0, 0.1) is 0 Å². The van der Waals surface area contributed by atoms with Crippen LogP contribution in [0.2, 0.25) is 0 Å². The van der Waals surface area contributed by atoms with Crippen LogP contribution < -0.4 is 10.6 Å². The molecule has 134 valence electrons. The predicted molar refractivity (Wildman–Crippen MR) is 107 cm³/mol. The number of aliphatic imine (C=N–C) groups is 1. The van der Waals surface area contributed by atoms with Crippen LogP contribution in [-0.4, -0.2) is 47.9 Å². The van der Waals surface area contributed by atoms with E-state index < -0.39 is 0 Å². The number of hydrogen-bond donors (Lipinski definition) is 2. The fourth-order valence-corrected chi connectivity index (χ4v) is 2.89. The zero-order valence-electron chi connectivity index (χ0n) is 14.5. The van der Waals surface area contributed by atoms with Gasteiger partial charge in [0.25, 0.3) is 0 Å². The van der Waals surface area contributed by atoms with Crippen molar-refractivity contribution in [3.63, 3.8) is 0 Å². The molecule has 2 rings (SSSR count). The number of halogens is 1. The molecule has 2 N–H and O–H groups in total. The van der Waals surface area contributed by atoms with Gasteiger partial charge in [-0.1, -0.05) is 13.0 Å². The van der Waals surface area contributed by atoms with Crippen LogP contribution in [0.25, 0.3) is 0 Å². The molecule has 0 aromatic carbocycles. The SMILES string of the molecule is CCC(CCNC(=NC)NCc1ccccn1)N1CCCC1=O.I. The van der Waals surface area contributed by atoms with Gasteiger partial charge >= 0.3 is 0 Å². The van der Waals surface area contributed by atoms with Crippen LogP contribution in [-0.2, 0) is 11.3 Å². The second-order valence-corrected chi connectivity index (χ2v) is 5.72. The third-order valence-corrected chi connectivity index (χ3v) is 4.18. The van der Waals surface area contributed by atoms with Gasteiger partial charge < -0.3 is 15.5 Å². The van der Waals surface area contributed by atoms with Gasteiger partial charge in [0.15, 0.2) is 5.96 Å². The fourth-order valence-electron chi connectivity index (χ4n) is 2.89. The van der Waals surface area contributed by atoms with Gasteiger partial charge in [-0.15, -0.1) is 24.0 Å². The molecule has 0 saturated carbocycles. The quantitative estimate of drug-likeness (QED) is 0.384. The molecule has 1 fully saturated rings. The summed E-state index contributed by atoms with van der Waals surface area (Å²) in [5, 5.41) is 6.57. The number of aromatic nitrogens is 1. The third-order valence-electron chi connectivity index (χ3n) is 4.18. The largest absolute Gasteiger partial charge is 0.356 e. The van der Waals surface area contributed by atoms with Crippen LogP contribution in [0.5, 0.6) is 0 Å². The van der Waals surface area contributed by atoms with Gasteiger partial charge in [0.2, 0.25) is 5.91 Å². The van der Waals surface area contributed by atoms with Crippen molar-refractivity contribution in [2.75, 3.05) is 20.1 Å². The Bertz CT molecular complexity index is 523. The normalized spacial score (nSPS) is 15.8. The number of hydrogen-bond acceptors (Lipinski definition) is 3. The number of nitrogens with zero attached hydrogens (tertiary/aromatic N) is 3. The summed E-state index contributed by atoms with van der Waals surface area (Å²) in [6, 6.07) is 6.18. The molecule has 1 aromatic rings. The molecule has 1 atom stereocenters. The minimum absolute atomic E-state index is 0. The molecule has 2 heterocycles. The molecule has 0 radical (unpaired) electrons. The minimum atomic E-state index is 0. The van der Waals surface area contributed by atoms with Gasteiger partial charge in [-0.25, -0.2) is 0 Å². The number of carbonyl (C=O) groups excluding carboxylic acids is 1. The Morgan fingerprint density at radius 3 is 2.83 bits per heavy atom. The Morgan fingerprint density at radius 1 is 1.42 bits per heavy atom. The summed E-state index contributed by atoms with van der Waals surface area (Å²) >= 11 is 0. The molecular weight excluding hydrogens is 417 g/mol. The van der Waals surface area contributed by atoms with Gasteiger partial charge in [-0.05, 0) is 31.4 Å². The molecule has 6 nitrogen and oxygen atoms in total. The van der Waals surface area contributed by atoms with Gasteiger partial charge in [0.05, 0.1) is 12.2 Å². The maximum Gasteiger partial charge on any atom is 0.222 e. The lowest BCUT2D eigenvalue weighted by molar-refractivity contribution is -0.129. The molecule has 1 unspecified atom stereocenters. The van der Waals surface area contributed by atoms with Crippen molar-refractivity contribution in [2.24, 2.45) is 4.99 Å². The van der Waals surface area contributed by atoms with E-state index in [-0.39, 0.29) is 24.0 Å². The Balaban J connectivity index is 0.00000288. The molecule has 1 aliphatic rings. The summed E-state index contributed by atoms with van der Waals surface area (Å²) < 4.78 is 0. The summed E-state index contributed by atoms with van der Waals surface area (Å²) in [4.78, 5) is 22.4. The van der Waals surface area contributed by atoms with E-state index in [1.807, 2.05) is 23.1 Å². The Morgan fingerprint density at radius 2 is 2.25 bits per heavy atom. The van der Waals surface area contributed by atoms with Crippen molar-refractivity contribution < 1.29 is 4.79 Å². The Hall–Kier alpha value is -1.38. The van der Waals surface area contributed by atoms with Crippen molar-refractivity contribution in [2.45, 2.75) is 45.2 Å². The highest BCUT2D eigenvalue weighted by molar-refractivity contribution is 14.0. The van der Waals surface area contributed by atoms with E-state index in [0.717, 1.165) is 44.0 Å². The lowest BCUT2D eigenvalue weighted by atomic mass is 10.1. The highest BCUT2D eigenvalue weighted by Crippen LogP contribution is 2.17. The number of carbonyl (C=O) groups is 1. The zero-order chi connectivity index (χ0) is 16.5. The van der Waals surface area contributed by atoms with Crippen LogP contribution >= 0.6 is 24.0 Å². The second-order valence-electron chi connectivity index (χ2n) is 5.72. The summed E-state index contributed by atoms with van der Waals surface area (Å²) in [7, 11) is 1.76. The van der Waals surface area contributed by atoms with E-state index in [0.29, 0.717) is 24.9 Å². The highest BCUT2D eigenvalue weighted by atomic mass is 127. The number of guanidine groups is 1. The zero-order valence-corrected chi connectivity index (χ0v) is 16.8. The van der Waals surface area contributed by atoms with E-state index in [1.165, 1.54) is 0 Å². The first kappa shape index (κ1) is 20.7. The summed E-state index contributed by atoms with van der Waals surface area (Å²) in [6.07, 6.45) is 5.42. The monoisotopic (exact) mass is 445 g/mol. The first-order chi connectivity index (χ1) is 11.2. The van der Waals surface area contributed by atoms with E-state index in [2.05, 4.69) is 27.5 Å². The molecule has 1 aromatic heterocycles. The number of likely N-dealkylation sites (tertiary alicyclic amines) is 1. The van der Waals surface area contributed by atoms with Crippen molar-refractivity contribution in [1.82, 2.24) is 20.5 Å². The average Bonchev–Trinajstić information content (AvgIpc) is 3.01. The second kappa shape index (κ2) is 11.2. The van der Waals surface area contributed by atoms with E-state index in [1.54, 1.807) is 13.2 Å². The summed E-state index contributed by atoms with van der Waals surface area (Å²) in [6.45, 7) is 4.49. The molecule has 7 heteroatoms. The number of nitrogens with one attached hydrogen (secondary N) is 2. The van der Waals surface area contributed by atoms with Crippen LogP contribution in [0.1, 0.15) is 38.3 Å². The maximum absolute atomic E-state index is 11.8. The molecule has 1 saturated heterocycles. The molecule has 0 aliphatic carbocycles. The van der Waals surface area contributed by atoms with Crippen molar-refractivity contribution in [3.05, 3.63) is 30.1 Å². The van der Waals surface area contributed by atoms with Crippen molar-refractivity contribution in [1.29, 1.82) is 0 Å². The number of rotatable bonds is 7. The Kier molecular flexibility index (Phi) is 9.66. The molecule has 24 heavy (non-hydrogen) atoms. The predicted octanol–water partition coefficient (Wildman–Crippen LogP) is 2.16. The maximum atomic E-state index is 11.8. The Labute approximate surface area is 161 Å². The minimum Gasteiger partial charge on any atom is -0.356 e. The standard InChI is InChI=1S/C17H27N5O.HI/c1-3-15(22-12-6-8-16(22)23)9-11-20-17(18-2)21-13-14-7-4-5-10-19-14;/h4-5,7,10,15H,3,6,8-9,11-13H2,1-2H3,(H2,18,20,21);1H. The van der Waals surface area contributed by atoms with Gasteiger partial charge in [0.1, 0.15) is 0 Å². The van der Waals surface area contributed by atoms with Gasteiger partial charge in [-0.3, -0.25) is 14.8 Å². The molecular formula is C17H28IN5O. The lowest BCUT2D eigenvalue weighted by Crippen LogP contribution is -2.41. The first-order valence-electron chi connectivity index (χ1n) is 8.38. The smallest absolute Gasteiger partial charge is 0.222 e. The average molecular weight is 445 g/mol. The fraction of sp³-hybridized carbons (Fsp3) is 0.588. The van der Waals surface area contributed by atoms with Gasteiger partial charge in [0, 0.05) is 38.8 Å². The molecule has 1 amide bonds. The highest BCUT2D eigenvalue weighted by Gasteiger charge is 2.26. The summed E-state index contributed by atoms with van der Waals surface area (Å²) in [5.41, 5.74) is 0.976. The summed E-state index contributed by atoms with van der Waals surface area (Å²) in [5.74, 6) is 1.06. The van der Waals surface area contributed by atoms with Crippen LogP contribution in [0.4, 0.5) is 0 Å². The topological polar surface area (TPSA) is 69.6 Å². The first-order valence-corrected chi connectivity index (χ1v) is 8.38.